The molecule has 0 spiro atoms. The Morgan fingerprint density at radius 2 is 2.25 bits per heavy atom. The number of likely N-dealkylation sites (N-methyl/N-ethyl adjacent to an activating group) is 1. The van der Waals surface area contributed by atoms with E-state index >= 15 is 0 Å². The van der Waals surface area contributed by atoms with E-state index in [1.54, 1.807) is 16.8 Å². The zero-order valence-electron chi connectivity index (χ0n) is 16.7. The van der Waals surface area contributed by atoms with Gasteiger partial charge in [0.2, 0.25) is 0 Å². The first kappa shape index (κ1) is 22.0. The summed E-state index contributed by atoms with van der Waals surface area (Å²) in [6.45, 7) is 5.17. The van der Waals surface area contributed by atoms with E-state index < -0.39 is 5.97 Å². The van der Waals surface area contributed by atoms with Crippen molar-refractivity contribution in [2.24, 2.45) is 0 Å². The summed E-state index contributed by atoms with van der Waals surface area (Å²) in [6, 6.07) is 7.81. The van der Waals surface area contributed by atoms with Crippen LogP contribution >= 0.6 is 0 Å². The predicted molar refractivity (Wildman–Crippen MR) is 106 cm³/mol. The van der Waals surface area contributed by atoms with Gasteiger partial charge in [-0.3, -0.25) is 9.69 Å². The highest BCUT2D eigenvalue weighted by Gasteiger charge is 2.25. The van der Waals surface area contributed by atoms with Crippen molar-refractivity contribution >= 4 is 12.0 Å². The molecule has 1 saturated heterocycles. The maximum Gasteiger partial charge on any atom is 0.317 e. The number of nitrogens with one attached hydrogen (secondary N) is 1. The number of ether oxygens (including phenoxy) is 2. The Balaban J connectivity index is 1.74. The first-order valence-electron chi connectivity index (χ1n) is 9.74. The highest BCUT2D eigenvalue weighted by molar-refractivity contribution is 5.74. The monoisotopic (exact) mass is 393 g/mol. The summed E-state index contributed by atoms with van der Waals surface area (Å²) in [6.07, 6.45) is 1.51. The van der Waals surface area contributed by atoms with E-state index in [4.69, 9.17) is 14.6 Å². The third-order valence-corrected chi connectivity index (χ3v) is 4.41. The fourth-order valence-corrected chi connectivity index (χ4v) is 3.09. The number of carboxylic acid groups (broad SMARTS) is 1. The van der Waals surface area contributed by atoms with Crippen LogP contribution in [0.4, 0.5) is 4.79 Å². The van der Waals surface area contributed by atoms with Crippen molar-refractivity contribution in [2.75, 3.05) is 53.0 Å². The van der Waals surface area contributed by atoms with Crippen LogP contribution in [0.2, 0.25) is 0 Å². The summed E-state index contributed by atoms with van der Waals surface area (Å²) in [7, 11) is 1.73. The van der Waals surface area contributed by atoms with Gasteiger partial charge < -0.3 is 24.8 Å². The van der Waals surface area contributed by atoms with Crippen molar-refractivity contribution in [1.29, 1.82) is 0 Å². The third-order valence-electron chi connectivity index (χ3n) is 4.41. The topological polar surface area (TPSA) is 91.3 Å². The van der Waals surface area contributed by atoms with Gasteiger partial charge in [0, 0.05) is 26.2 Å². The van der Waals surface area contributed by atoms with Crippen molar-refractivity contribution < 1.29 is 24.2 Å². The molecule has 0 aromatic heterocycles. The summed E-state index contributed by atoms with van der Waals surface area (Å²) < 4.78 is 11.3. The van der Waals surface area contributed by atoms with E-state index in [2.05, 4.69) is 12.2 Å². The number of morpholine rings is 1. The SMILES string of the molecule is CCCOc1cccc(CCNC(=O)N2CCOC(CN(C)CC(=O)O)C2)c1. The first-order chi connectivity index (χ1) is 13.5. The molecule has 1 aromatic rings. The first-order valence-corrected chi connectivity index (χ1v) is 9.74. The summed E-state index contributed by atoms with van der Waals surface area (Å²) in [5.74, 6) is -0.0238. The molecule has 0 bridgehead atoms. The minimum atomic E-state index is -0.878. The Bertz CT molecular complexity index is 640. The molecular formula is C20H31N3O5. The molecule has 156 valence electrons. The maximum absolute atomic E-state index is 12.4. The molecule has 1 atom stereocenters. The number of nitrogens with zero attached hydrogens (tertiary/aromatic N) is 2. The molecule has 2 amide bonds. The summed E-state index contributed by atoms with van der Waals surface area (Å²) >= 11 is 0. The van der Waals surface area contributed by atoms with Gasteiger partial charge in [-0.15, -0.1) is 0 Å². The van der Waals surface area contributed by atoms with Gasteiger partial charge in [0.1, 0.15) is 5.75 Å². The minimum Gasteiger partial charge on any atom is -0.494 e. The number of rotatable bonds is 10. The van der Waals surface area contributed by atoms with E-state index in [9.17, 15) is 9.59 Å². The van der Waals surface area contributed by atoms with Gasteiger partial charge in [0.25, 0.3) is 0 Å². The zero-order valence-corrected chi connectivity index (χ0v) is 16.7. The highest BCUT2D eigenvalue weighted by atomic mass is 16.5. The molecule has 0 radical (unpaired) electrons. The van der Waals surface area contributed by atoms with E-state index in [1.807, 2.05) is 24.3 Å². The molecule has 1 aliphatic rings. The van der Waals surface area contributed by atoms with Crippen LogP contribution < -0.4 is 10.1 Å². The second kappa shape index (κ2) is 11.5. The highest BCUT2D eigenvalue weighted by Crippen LogP contribution is 2.14. The van der Waals surface area contributed by atoms with Gasteiger partial charge in [0.15, 0.2) is 0 Å². The Morgan fingerprint density at radius 3 is 3.00 bits per heavy atom. The van der Waals surface area contributed by atoms with Crippen LogP contribution in [0.15, 0.2) is 24.3 Å². The quantitative estimate of drug-likeness (QED) is 0.625. The van der Waals surface area contributed by atoms with Crippen LogP contribution in [0.5, 0.6) is 5.75 Å². The van der Waals surface area contributed by atoms with Crippen molar-refractivity contribution in [3.05, 3.63) is 29.8 Å². The number of amides is 2. The average molecular weight is 393 g/mol. The molecule has 8 heteroatoms. The van der Waals surface area contributed by atoms with Gasteiger partial charge in [-0.05, 0) is 37.6 Å². The normalized spacial score (nSPS) is 16.8. The lowest BCUT2D eigenvalue weighted by Gasteiger charge is -2.34. The molecule has 1 heterocycles. The van der Waals surface area contributed by atoms with Crippen molar-refractivity contribution in [3.63, 3.8) is 0 Å². The van der Waals surface area contributed by atoms with Crippen LogP contribution in [-0.2, 0) is 16.0 Å². The van der Waals surface area contributed by atoms with Crippen LogP contribution in [0, 0.1) is 0 Å². The average Bonchev–Trinajstić information content (AvgIpc) is 2.66. The van der Waals surface area contributed by atoms with Crippen LogP contribution in [0.25, 0.3) is 0 Å². The molecular weight excluding hydrogens is 362 g/mol. The largest absolute Gasteiger partial charge is 0.494 e. The van der Waals surface area contributed by atoms with E-state index in [0.717, 1.165) is 24.2 Å². The van der Waals surface area contributed by atoms with Crippen molar-refractivity contribution in [1.82, 2.24) is 15.1 Å². The predicted octanol–water partition coefficient (Wildman–Crippen LogP) is 1.44. The summed E-state index contributed by atoms with van der Waals surface area (Å²) in [4.78, 5) is 26.6. The standard InChI is InChI=1S/C20H31N3O5/c1-3-10-27-17-6-4-5-16(12-17)7-8-21-20(26)23-9-11-28-18(14-23)13-22(2)15-19(24)25/h4-6,12,18H,3,7-11,13-15H2,1-2H3,(H,21,26)(H,24,25). The van der Waals surface area contributed by atoms with Gasteiger partial charge in [-0.25, -0.2) is 4.79 Å². The maximum atomic E-state index is 12.4. The number of hydrogen-bond acceptors (Lipinski definition) is 5. The number of carboxylic acids is 1. The third kappa shape index (κ3) is 7.74. The molecule has 2 rings (SSSR count). The van der Waals surface area contributed by atoms with Gasteiger partial charge >= 0.3 is 12.0 Å². The Morgan fingerprint density at radius 1 is 1.43 bits per heavy atom. The number of hydrogen-bond donors (Lipinski definition) is 2. The number of benzene rings is 1. The summed E-state index contributed by atoms with van der Waals surface area (Å²) in [5.41, 5.74) is 1.11. The van der Waals surface area contributed by atoms with Crippen molar-refractivity contribution in [3.8, 4) is 5.75 Å². The fraction of sp³-hybridized carbons (Fsp3) is 0.600. The molecule has 1 unspecified atom stereocenters. The Kier molecular flexibility index (Phi) is 9.03. The van der Waals surface area contributed by atoms with Crippen LogP contribution in [0.3, 0.4) is 0 Å². The van der Waals surface area contributed by atoms with E-state index in [1.165, 1.54) is 0 Å². The van der Waals surface area contributed by atoms with Gasteiger partial charge in [-0.1, -0.05) is 19.1 Å². The lowest BCUT2D eigenvalue weighted by molar-refractivity contribution is -0.138. The molecule has 0 aliphatic carbocycles. The zero-order chi connectivity index (χ0) is 20.4. The Hall–Kier alpha value is -2.32. The molecule has 1 aliphatic heterocycles. The number of aliphatic carboxylic acids is 1. The number of carbonyl (C=O) groups is 2. The van der Waals surface area contributed by atoms with Crippen molar-refractivity contribution in [2.45, 2.75) is 25.9 Å². The van der Waals surface area contributed by atoms with E-state index in [-0.39, 0.29) is 18.7 Å². The molecule has 8 nitrogen and oxygen atoms in total. The lowest BCUT2D eigenvalue weighted by atomic mass is 10.1. The smallest absolute Gasteiger partial charge is 0.317 e. The fourth-order valence-electron chi connectivity index (χ4n) is 3.09. The molecule has 0 saturated carbocycles. The number of urea groups is 1. The van der Waals surface area contributed by atoms with Crippen LogP contribution in [0.1, 0.15) is 18.9 Å². The lowest BCUT2D eigenvalue weighted by Crippen LogP contribution is -2.52. The second-order valence-corrected chi connectivity index (χ2v) is 7.01. The second-order valence-electron chi connectivity index (χ2n) is 7.01. The molecule has 28 heavy (non-hydrogen) atoms. The molecule has 1 fully saturated rings. The van der Waals surface area contributed by atoms with E-state index in [0.29, 0.717) is 39.4 Å². The Labute approximate surface area is 166 Å². The molecule has 1 aromatic carbocycles. The minimum absolute atomic E-state index is 0.0485. The van der Waals surface area contributed by atoms with Crippen LogP contribution in [-0.4, -0.2) is 86.0 Å². The van der Waals surface area contributed by atoms with Gasteiger partial charge in [0.05, 0.1) is 25.9 Å². The van der Waals surface area contributed by atoms with Gasteiger partial charge in [-0.2, -0.15) is 0 Å². The number of carbonyl (C=O) groups excluding carboxylic acids is 1. The summed E-state index contributed by atoms with van der Waals surface area (Å²) in [5, 5.41) is 11.8. The molecule has 2 N–H and O–H groups in total.